The quantitative estimate of drug-likeness (QED) is 0.822. The van der Waals surface area contributed by atoms with Gasteiger partial charge >= 0.3 is 0 Å². The van der Waals surface area contributed by atoms with E-state index in [-0.39, 0.29) is 6.10 Å². The predicted molar refractivity (Wildman–Crippen MR) is 67.1 cm³/mol. The Kier molecular flexibility index (Phi) is 3.84. The minimum Gasteiger partial charge on any atom is -0.398 e. The lowest BCUT2D eigenvalue weighted by Gasteiger charge is -2.28. The maximum absolute atomic E-state index is 10.2. The van der Waals surface area contributed by atoms with Gasteiger partial charge in [-0.05, 0) is 37.5 Å². The van der Waals surface area contributed by atoms with Crippen LogP contribution in [0.5, 0.6) is 0 Å². The lowest BCUT2D eigenvalue weighted by molar-refractivity contribution is -0.0630. The number of aliphatic hydroxyl groups is 1. The van der Waals surface area contributed by atoms with E-state index < -0.39 is 6.10 Å². The van der Waals surface area contributed by atoms with Crippen molar-refractivity contribution in [2.45, 2.75) is 31.5 Å². The van der Waals surface area contributed by atoms with Crippen LogP contribution in [0.15, 0.2) is 22.7 Å². The van der Waals surface area contributed by atoms with Crippen LogP contribution in [0.1, 0.15) is 30.9 Å². The molecule has 1 aliphatic rings. The Bertz CT molecular complexity index is 364. The molecule has 3 nitrogen and oxygen atoms in total. The molecule has 0 bridgehead atoms. The SMILES string of the molecule is Nc1ccc(Br)cc1C(O)C1CCCCO1. The molecule has 1 aromatic rings. The topological polar surface area (TPSA) is 55.5 Å². The van der Waals surface area contributed by atoms with Gasteiger partial charge in [-0.25, -0.2) is 0 Å². The van der Waals surface area contributed by atoms with Crippen molar-refractivity contribution in [1.29, 1.82) is 0 Å². The molecule has 88 valence electrons. The van der Waals surface area contributed by atoms with E-state index in [2.05, 4.69) is 15.9 Å². The number of hydrogen-bond donors (Lipinski definition) is 2. The van der Waals surface area contributed by atoms with Crippen molar-refractivity contribution in [1.82, 2.24) is 0 Å². The summed E-state index contributed by atoms with van der Waals surface area (Å²) < 4.78 is 6.49. The number of hydrogen-bond acceptors (Lipinski definition) is 3. The summed E-state index contributed by atoms with van der Waals surface area (Å²) in [5.41, 5.74) is 7.23. The number of aliphatic hydroxyl groups excluding tert-OH is 1. The third-order valence-corrected chi connectivity index (χ3v) is 3.43. The zero-order valence-corrected chi connectivity index (χ0v) is 10.6. The van der Waals surface area contributed by atoms with Crippen molar-refractivity contribution >= 4 is 21.6 Å². The average molecular weight is 286 g/mol. The van der Waals surface area contributed by atoms with Gasteiger partial charge in [-0.1, -0.05) is 15.9 Å². The minimum absolute atomic E-state index is 0.120. The molecule has 0 amide bonds. The van der Waals surface area contributed by atoms with Crippen molar-refractivity contribution in [2.24, 2.45) is 0 Å². The molecule has 1 aromatic carbocycles. The largest absolute Gasteiger partial charge is 0.398 e. The molecule has 1 fully saturated rings. The van der Waals surface area contributed by atoms with E-state index in [1.165, 1.54) is 0 Å². The van der Waals surface area contributed by atoms with E-state index in [1.54, 1.807) is 6.07 Å². The van der Waals surface area contributed by atoms with Crippen LogP contribution in [0.25, 0.3) is 0 Å². The van der Waals surface area contributed by atoms with E-state index in [0.29, 0.717) is 5.69 Å². The number of benzene rings is 1. The molecule has 1 saturated heterocycles. The predicted octanol–water partition coefficient (Wildman–Crippen LogP) is 2.63. The summed E-state index contributed by atoms with van der Waals surface area (Å²) in [6.45, 7) is 0.732. The number of halogens is 1. The molecule has 0 aromatic heterocycles. The zero-order chi connectivity index (χ0) is 11.5. The van der Waals surface area contributed by atoms with Crippen molar-refractivity contribution in [2.75, 3.05) is 12.3 Å². The molecule has 0 radical (unpaired) electrons. The van der Waals surface area contributed by atoms with Crippen molar-refractivity contribution in [3.05, 3.63) is 28.2 Å². The lowest BCUT2D eigenvalue weighted by atomic mass is 9.97. The zero-order valence-electron chi connectivity index (χ0n) is 9.03. The van der Waals surface area contributed by atoms with Crippen LogP contribution in [0.3, 0.4) is 0 Å². The summed E-state index contributed by atoms with van der Waals surface area (Å²) in [6, 6.07) is 5.52. The van der Waals surface area contributed by atoms with Gasteiger partial charge in [-0.2, -0.15) is 0 Å². The van der Waals surface area contributed by atoms with Gasteiger partial charge in [0.2, 0.25) is 0 Å². The van der Waals surface area contributed by atoms with Crippen LogP contribution in [0, 0.1) is 0 Å². The summed E-state index contributed by atoms with van der Waals surface area (Å²) >= 11 is 3.38. The highest BCUT2D eigenvalue weighted by Gasteiger charge is 2.25. The summed E-state index contributed by atoms with van der Waals surface area (Å²) in [5.74, 6) is 0. The van der Waals surface area contributed by atoms with Gasteiger partial charge in [-0.3, -0.25) is 0 Å². The highest BCUT2D eigenvalue weighted by Crippen LogP contribution is 2.31. The van der Waals surface area contributed by atoms with E-state index in [1.807, 2.05) is 12.1 Å². The molecule has 0 aliphatic carbocycles. The normalized spacial score (nSPS) is 23.0. The maximum atomic E-state index is 10.2. The minimum atomic E-state index is -0.627. The highest BCUT2D eigenvalue weighted by atomic mass is 79.9. The van der Waals surface area contributed by atoms with Crippen LogP contribution >= 0.6 is 15.9 Å². The van der Waals surface area contributed by atoms with Crippen LogP contribution in [0.2, 0.25) is 0 Å². The van der Waals surface area contributed by atoms with Crippen molar-refractivity contribution < 1.29 is 9.84 Å². The standard InChI is InChI=1S/C12H16BrNO2/c13-8-4-5-10(14)9(7-8)12(15)11-3-1-2-6-16-11/h4-5,7,11-12,15H,1-3,6,14H2. The molecule has 16 heavy (non-hydrogen) atoms. The molecule has 4 heteroatoms. The third kappa shape index (κ3) is 2.56. The first-order chi connectivity index (χ1) is 7.68. The number of anilines is 1. The van der Waals surface area contributed by atoms with Crippen molar-refractivity contribution in [3.63, 3.8) is 0 Å². The Morgan fingerprint density at radius 1 is 1.44 bits per heavy atom. The Hall–Kier alpha value is -0.580. The maximum Gasteiger partial charge on any atom is 0.107 e. The van der Waals surface area contributed by atoms with Gasteiger partial charge in [0, 0.05) is 22.3 Å². The second-order valence-corrected chi connectivity index (χ2v) is 5.04. The first-order valence-electron chi connectivity index (χ1n) is 5.53. The third-order valence-electron chi connectivity index (χ3n) is 2.93. The van der Waals surface area contributed by atoms with Gasteiger partial charge in [0.05, 0.1) is 6.10 Å². The van der Waals surface area contributed by atoms with E-state index in [4.69, 9.17) is 10.5 Å². The molecule has 1 heterocycles. The van der Waals surface area contributed by atoms with Crippen molar-refractivity contribution in [3.8, 4) is 0 Å². The second kappa shape index (κ2) is 5.17. The fraction of sp³-hybridized carbons (Fsp3) is 0.500. The molecule has 2 unspecified atom stereocenters. The van der Waals surface area contributed by atoms with Gasteiger partial charge in [-0.15, -0.1) is 0 Å². The number of nitrogens with two attached hydrogens (primary N) is 1. The van der Waals surface area contributed by atoms with Crippen LogP contribution in [-0.2, 0) is 4.74 Å². The van der Waals surface area contributed by atoms with E-state index >= 15 is 0 Å². The summed E-state index contributed by atoms with van der Waals surface area (Å²) in [7, 11) is 0. The summed E-state index contributed by atoms with van der Waals surface area (Å²) in [4.78, 5) is 0. The Morgan fingerprint density at radius 2 is 2.25 bits per heavy atom. The fourth-order valence-electron chi connectivity index (χ4n) is 2.02. The van der Waals surface area contributed by atoms with Gasteiger partial charge < -0.3 is 15.6 Å². The molecule has 0 spiro atoms. The number of rotatable bonds is 2. The number of ether oxygens (including phenoxy) is 1. The molecule has 3 N–H and O–H groups in total. The van der Waals surface area contributed by atoms with Gasteiger partial charge in [0.15, 0.2) is 0 Å². The lowest BCUT2D eigenvalue weighted by Crippen LogP contribution is -2.26. The molecule has 2 atom stereocenters. The Morgan fingerprint density at radius 3 is 2.94 bits per heavy atom. The second-order valence-electron chi connectivity index (χ2n) is 4.12. The first-order valence-corrected chi connectivity index (χ1v) is 6.32. The van der Waals surface area contributed by atoms with E-state index in [9.17, 15) is 5.11 Å². The summed E-state index contributed by atoms with van der Waals surface area (Å²) in [6.07, 6.45) is 2.34. The Labute approximate surface area is 104 Å². The summed E-state index contributed by atoms with van der Waals surface area (Å²) in [5, 5.41) is 10.2. The van der Waals surface area contributed by atoms with Crippen LogP contribution in [0.4, 0.5) is 5.69 Å². The average Bonchev–Trinajstić information content (AvgIpc) is 2.32. The number of nitrogen functional groups attached to an aromatic ring is 1. The molecule has 1 aliphatic heterocycles. The van der Waals surface area contributed by atoms with Crippen LogP contribution in [-0.4, -0.2) is 17.8 Å². The molecular formula is C12H16BrNO2. The first kappa shape index (κ1) is 11.9. The molecular weight excluding hydrogens is 270 g/mol. The molecule has 2 rings (SSSR count). The molecule has 0 saturated carbocycles. The van der Waals surface area contributed by atoms with Crippen LogP contribution < -0.4 is 5.73 Å². The fourth-order valence-corrected chi connectivity index (χ4v) is 2.40. The van der Waals surface area contributed by atoms with E-state index in [0.717, 1.165) is 35.9 Å². The smallest absolute Gasteiger partial charge is 0.107 e. The Balaban J connectivity index is 2.18. The van der Waals surface area contributed by atoms with Gasteiger partial charge in [0.25, 0.3) is 0 Å². The van der Waals surface area contributed by atoms with Gasteiger partial charge in [0.1, 0.15) is 6.10 Å². The monoisotopic (exact) mass is 285 g/mol. The highest BCUT2D eigenvalue weighted by molar-refractivity contribution is 9.10.